The molecule has 27 heavy (non-hydrogen) atoms. The van der Waals surface area contributed by atoms with E-state index < -0.39 is 0 Å². The molecule has 0 fully saturated rings. The average molecular weight is 371 g/mol. The third kappa shape index (κ3) is 4.46. The van der Waals surface area contributed by atoms with Gasteiger partial charge in [0.1, 0.15) is 11.5 Å². The zero-order chi connectivity index (χ0) is 19.4. The number of amides is 1. The number of aromatic nitrogens is 4. The Kier molecular flexibility index (Phi) is 6.08. The van der Waals surface area contributed by atoms with Crippen molar-refractivity contribution in [3.8, 4) is 11.5 Å². The summed E-state index contributed by atoms with van der Waals surface area (Å²) in [6, 6.07) is 0.246. The van der Waals surface area contributed by atoms with Gasteiger partial charge in [0.15, 0.2) is 5.82 Å². The van der Waals surface area contributed by atoms with Gasteiger partial charge in [0.25, 0.3) is 0 Å². The van der Waals surface area contributed by atoms with Crippen LogP contribution in [0.4, 0.5) is 5.82 Å². The molecule has 7 heteroatoms. The summed E-state index contributed by atoms with van der Waals surface area (Å²) in [6.07, 6.45) is 9.71. The molecular formula is C20H30N6O. The maximum absolute atomic E-state index is 12.5. The molecule has 7 nitrogen and oxygen atoms in total. The first-order chi connectivity index (χ1) is 13.0. The molecule has 1 unspecified atom stereocenters. The van der Waals surface area contributed by atoms with Crippen LogP contribution in [-0.4, -0.2) is 45.1 Å². The van der Waals surface area contributed by atoms with Crippen molar-refractivity contribution in [2.75, 3.05) is 18.5 Å². The van der Waals surface area contributed by atoms with E-state index in [1.165, 1.54) is 5.56 Å². The Morgan fingerprint density at radius 3 is 2.81 bits per heavy atom. The number of hydrogen-bond donors (Lipinski definition) is 1. The first-order valence-electron chi connectivity index (χ1n) is 9.90. The molecule has 2 heterocycles. The average Bonchev–Trinajstić information content (AvgIpc) is 3.28. The number of imidazole rings is 1. The highest BCUT2D eigenvalue weighted by Crippen LogP contribution is 2.30. The van der Waals surface area contributed by atoms with Crippen LogP contribution in [0.1, 0.15) is 50.8 Å². The Balaban J connectivity index is 1.80. The van der Waals surface area contributed by atoms with Crippen molar-refractivity contribution in [2.24, 2.45) is 7.05 Å². The van der Waals surface area contributed by atoms with E-state index in [1.54, 1.807) is 6.33 Å². The fraction of sp³-hybridized carbons (Fsp3) is 0.600. The van der Waals surface area contributed by atoms with Gasteiger partial charge in [-0.3, -0.25) is 4.79 Å². The van der Waals surface area contributed by atoms with Crippen LogP contribution in [0.5, 0.6) is 0 Å². The van der Waals surface area contributed by atoms with Gasteiger partial charge in [-0.25, -0.2) is 15.0 Å². The van der Waals surface area contributed by atoms with Gasteiger partial charge in [0.05, 0.1) is 12.9 Å². The van der Waals surface area contributed by atoms with Crippen LogP contribution in [0, 0.1) is 0 Å². The lowest BCUT2D eigenvalue weighted by molar-refractivity contribution is -0.120. The van der Waals surface area contributed by atoms with Crippen LogP contribution in [-0.2, 0) is 24.7 Å². The van der Waals surface area contributed by atoms with Crippen molar-refractivity contribution in [3.63, 3.8) is 0 Å². The van der Waals surface area contributed by atoms with Gasteiger partial charge >= 0.3 is 0 Å². The van der Waals surface area contributed by atoms with E-state index in [-0.39, 0.29) is 11.9 Å². The predicted octanol–water partition coefficient (Wildman–Crippen LogP) is 2.50. The number of fused-ring (bicyclic) bond motifs is 1. The Labute approximate surface area is 161 Å². The molecule has 2 aromatic heterocycles. The minimum atomic E-state index is 0.0440. The van der Waals surface area contributed by atoms with Gasteiger partial charge in [-0.05, 0) is 32.1 Å². The molecule has 0 aliphatic heterocycles. The number of nitrogens with zero attached hydrogens (tertiary/aromatic N) is 5. The molecule has 1 aliphatic carbocycles. The maximum atomic E-state index is 12.5. The van der Waals surface area contributed by atoms with Crippen LogP contribution in [0.3, 0.4) is 0 Å². The number of hydrogen-bond acceptors (Lipinski definition) is 5. The van der Waals surface area contributed by atoms with E-state index in [1.807, 2.05) is 29.8 Å². The molecule has 1 aliphatic rings. The number of likely N-dealkylation sites (N-methyl/N-ethyl adjacent to an activating group) is 1. The van der Waals surface area contributed by atoms with Crippen molar-refractivity contribution in [2.45, 2.75) is 58.4 Å². The second kappa shape index (κ2) is 8.50. The predicted molar refractivity (Wildman–Crippen MR) is 107 cm³/mol. The molecule has 1 N–H and O–H groups in total. The fourth-order valence-electron chi connectivity index (χ4n) is 3.66. The third-order valence-corrected chi connectivity index (χ3v) is 5.08. The van der Waals surface area contributed by atoms with Crippen molar-refractivity contribution in [3.05, 3.63) is 23.8 Å². The van der Waals surface area contributed by atoms with Crippen LogP contribution in [0.25, 0.3) is 11.5 Å². The van der Waals surface area contributed by atoms with Gasteiger partial charge in [-0.2, -0.15) is 0 Å². The quantitative estimate of drug-likeness (QED) is 0.773. The van der Waals surface area contributed by atoms with E-state index in [9.17, 15) is 4.79 Å². The first-order valence-corrected chi connectivity index (χ1v) is 9.90. The summed E-state index contributed by atoms with van der Waals surface area (Å²) < 4.78 is 1.89. The van der Waals surface area contributed by atoms with Crippen molar-refractivity contribution < 1.29 is 4.79 Å². The topological polar surface area (TPSA) is 75.9 Å². The molecule has 1 atom stereocenters. The van der Waals surface area contributed by atoms with Gasteiger partial charge < -0.3 is 14.8 Å². The fourth-order valence-corrected chi connectivity index (χ4v) is 3.66. The lowest BCUT2D eigenvalue weighted by atomic mass is 10.1. The van der Waals surface area contributed by atoms with E-state index >= 15 is 0 Å². The minimum absolute atomic E-state index is 0.0440. The van der Waals surface area contributed by atoms with Gasteiger partial charge in [-0.1, -0.05) is 20.3 Å². The number of rotatable bonds is 8. The van der Waals surface area contributed by atoms with E-state index in [4.69, 9.17) is 9.97 Å². The summed E-state index contributed by atoms with van der Waals surface area (Å²) in [5.74, 6) is 1.54. The van der Waals surface area contributed by atoms with Crippen molar-refractivity contribution in [1.82, 2.24) is 24.8 Å². The molecule has 0 spiro atoms. The van der Waals surface area contributed by atoms with Crippen molar-refractivity contribution in [1.29, 1.82) is 0 Å². The summed E-state index contributed by atoms with van der Waals surface area (Å²) in [4.78, 5) is 28.4. The van der Waals surface area contributed by atoms with Crippen LogP contribution < -0.4 is 10.2 Å². The molecule has 146 valence electrons. The molecule has 0 radical (unpaired) electrons. The second-order valence-electron chi connectivity index (χ2n) is 7.39. The summed E-state index contributed by atoms with van der Waals surface area (Å²) in [5, 5.41) is 3.15. The minimum Gasteiger partial charge on any atom is -0.352 e. The molecule has 2 aromatic rings. The molecule has 0 bridgehead atoms. The molecule has 0 saturated heterocycles. The third-order valence-electron chi connectivity index (χ3n) is 5.08. The highest BCUT2D eigenvalue weighted by molar-refractivity contribution is 5.81. The van der Waals surface area contributed by atoms with Crippen molar-refractivity contribution >= 4 is 11.7 Å². The van der Waals surface area contributed by atoms with Gasteiger partial charge in [0.2, 0.25) is 5.91 Å². The molecular weight excluding hydrogens is 340 g/mol. The molecule has 1 amide bonds. The Bertz CT molecular complexity index is 800. The summed E-state index contributed by atoms with van der Waals surface area (Å²) in [5.41, 5.74) is 3.02. The Morgan fingerprint density at radius 1 is 1.33 bits per heavy atom. The first kappa shape index (κ1) is 19.3. The van der Waals surface area contributed by atoms with Crippen LogP contribution >= 0.6 is 0 Å². The molecule has 0 aromatic carbocycles. The standard InChI is InChI=1S/C20H30N6O/c1-5-8-14(6-2)22-18(27)12-26(4)20-15-9-7-10-16(15)23-19(24-20)17-11-25(3)13-21-17/h11,13-14H,5-10,12H2,1-4H3,(H,22,27). The summed E-state index contributed by atoms with van der Waals surface area (Å²) in [7, 11) is 3.87. The van der Waals surface area contributed by atoms with Crippen LogP contribution in [0.15, 0.2) is 12.5 Å². The molecule has 0 saturated carbocycles. The van der Waals surface area contributed by atoms with E-state index in [0.717, 1.165) is 55.7 Å². The van der Waals surface area contributed by atoms with E-state index in [2.05, 4.69) is 24.1 Å². The Morgan fingerprint density at radius 2 is 2.15 bits per heavy atom. The zero-order valence-electron chi connectivity index (χ0n) is 16.8. The smallest absolute Gasteiger partial charge is 0.239 e. The van der Waals surface area contributed by atoms with Crippen LogP contribution in [0.2, 0.25) is 0 Å². The normalized spacial score (nSPS) is 14.1. The molecule has 3 rings (SSSR count). The Hall–Kier alpha value is -2.44. The number of aryl methyl sites for hydroxylation is 2. The summed E-state index contributed by atoms with van der Waals surface area (Å²) in [6.45, 7) is 4.55. The summed E-state index contributed by atoms with van der Waals surface area (Å²) >= 11 is 0. The maximum Gasteiger partial charge on any atom is 0.239 e. The number of nitrogens with one attached hydrogen (secondary N) is 1. The van der Waals surface area contributed by atoms with E-state index in [0.29, 0.717) is 12.4 Å². The lowest BCUT2D eigenvalue weighted by Crippen LogP contribution is -2.41. The highest BCUT2D eigenvalue weighted by Gasteiger charge is 2.24. The van der Waals surface area contributed by atoms with Gasteiger partial charge in [-0.15, -0.1) is 0 Å². The highest BCUT2D eigenvalue weighted by atomic mass is 16.2. The number of carbonyl (C=O) groups is 1. The van der Waals surface area contributed by atoms with Gasteiger partial charge in [0, 0.05) is 37.6 Å². The number of anilines is 1. The second-order valence-corrected chi connectivity index (χ2v) is 7.39. The SMILES string of the molecule is CCCC(CC)NC(=O)CN(C)c1nc(-c2cn(C)cn2)nc2c1CCC2. The largest absolute Gasteiger partial charge is 0.352 e. The number of carbonyl (C=O) groups excluding carboxylic acids is 1. The monoisotopic (exact) mass is 370 g/mol. The zero-order valence-corrected chi connectivity index (χ0v) is 16.8. The lowest BCUT2D eigenvalue weighted by Gasteiger charge is -2.23.